The first-order valence-electron chi connectivity index (χ1n) is 6.09. The van der Waals surface area contributed by atoms with Crippen molar-refractivity contribution in [1.29, 1.82) is 0 Å². The van der Waals surface area contributed by atoms with E-state index in [0.29, 0.717) is 25.2 Å². The van der Waals surface area contributed by atoms with E-state index in [9.17, 15) is 4.79 Å². The smallest absolute Gasteiger partial charge is 0.271 e. The van der Waals surface area contributed by atoms with E-state index in [1.54, 1.807) is 16.7 Å². The molecule has 0 radical (unpaired) electrons. The monoisotopic (exact) mass is 296 g/mol. The van der Waals surface area contributed by atoms with E-state index >= 15 is 0 Å². The molecular weight excluding hydrogens is 280 g/mol. The number of hydrogen-bond donors (Lipinski definition) is 2. The number of hydrogen-bond acceptors (Lipinski definition) is 6. The Labute approximate surface area is 119 Å². The van der Waals surface area contributed by atoms with E-state index < -0.39 is 0 Å². The zero-order valence-electron chi connectivity index (χ0n) is 10.7. The van der Waals surface area contributed by atoms with Crippen LogP contribution < -0.4 is 11.1 Å². The van der Waals surface area contributed by atoms with Crippen molar-refractivity contribution < 1.29 is 4.79 Å². The van der Waals surface area contributed by atoms with Crippen molar-refractivity contribution in [2.75, 3.05) is 6.54 Å². The zero-order chi connectivity index (χ0) is 13.7. The molecule has 0 aliphatic rings. The Hall–Kier alpha value is -1.31. The van der Waals surface area contributed by atoms with Crippen LogP contribution in [0.25, 0.3) is 0 Å². The predicted molar refractivity (Wildman–Crippen MR) is 77.5 cm³/mol. The average molecular weight is 296 g/mol. The molecular formula is C12H16N4OS2. The van der Waals surface area contributed by atoms with Gasteiger partial charge in [-0.3, -0.25) is 4.79 Å². The lowest BCUT2D eigenvalue weighted by Gasteiger charge is -1.99. The van der Waals surface area contributed by atoms with E-state index in [1.807, 2.05) is 6.20 Å². The Bertz CT molecular complexity index is 549. The van der Waals surface area contributed by atoms with Gasteiger partial charge in [-0.1, -0.05) is 6.92 Å². The minimum absolute atomic E-state index is 0.159. The van der Waals surface area contributed by atoms with Crippen molar-refractivity contribution >= 4 is 28.6 Å². The summed E-state index contributed by atoms with van der Waals surface area (Å²) in [7, 11) is 0. The van der Waals surface area contributed by atoms with Gasteiger partial charge in [-0.15, -0.1) is 22.7 Å². The van der Waals surface area contributed by atoms with Crippen molar-refractivity contribution in [3.63, 3.8) is 0 Å². The number of carbonyl (C=O) groups is 1. The molecule has 0 atom stereocenters. The number of nitrogens with zero attached hydrogens (tertiary/aromatic N) is 2. The Morgan fingerprint density at radius 3 is 3.00 bits per heavy atom. The van der Waals surface area contributed by atoms with Crippen LogP contribution in [0, 0.1) is 0 Å². The van der Waals surface area contributed by atoms with Crippen LogP contribution in [0.4, 0.5) is 0 Å². The van der Waals surface area contributed by atoms with E-state index in [1.165, 1.54) is 16.2 Å². The van der Waals surface area contributed by atoms with Gasteiger partial charge in [-0.05, 0) is 13.0 Å². The van der Waals surface area contributed by atoms with Crippen LogP contribution in [0.5, 0.6) is 0 Å². The lowest BCUT2D eigenvalue weighted by Crippen LogP contribution is -2.23. The fraction of sp³-hybridized carbons (Fsp3) is 0.417. The Balaban J connectivity index is 1.89. The van der Waals surface area contributed by atoms with Gasteiger partial charge in [0.05, 0.1) is 11.6 Å². The number of thiazole rings is 2. The van der Waals surface area contributed by atoms with E-state index in [0.717, 1.165) is 16.4 Å². The molecule has 1 amide bonds. The third kappa shape index (κ3) is 3.82. The molecule has 0 spiro atoms. The first kappa shape index (κ1) is 14.1. The summed E-state index contributed by atoms with van der Waals surface area (Å²) in [6.07, 6.45) is 3.54. The SMILES string of the molecule is CCc1cnc(CNC(=O)c2csc(CCN)n2)s1. The van der Waals surface area contributed by atoms with Crippen LogP contribution in [0.3, 0.4) is 0 Å². The molecule has 0 saturated carbocycles. The molecule has 0 unspecified atom stereocenters. The molecule has 2 aromatic heterocycles. The van der Waals surface area contributed by atoms with Gasteiger partial charge in [0.15, 0.2) is 0 Å². The van der Waals surface area contributed by atoms with Crippen molar-refractivity contribution in [2.45, 2.75) is 26.3 Å². The van der Waals surface area contributed by atoms with Gasteiger partial charge in [-0.2, -0.15) is 0 Å². The maximum Gasteiger partial charge on any atom is 0.271 e. The second-order valence-corrected chi connectivity index (χ2v) is 6.06. The lowest BCUT2D eigenvalue weighted by atomic mass is 10.4. The topological polar surface area (TPSA) is 80.9 Å². The number of nitrogens with two attached hydrogens (primary N) is 1. The third-order valence-electron chi connectivity index (χ3n) is 2.49. The number of carbonyl (C=O) groups excluding carboxylic acids is 1. The molecule has 0 saturated heterocycles. The number of nitrogens with one attached hydrogen (secondary N) is 1. The molecule has 19 heavy (non-hydrogen) atoms. The normalized spacial score (nSPS) is 10.6. The van der Waals surface area contributed by atoms with Gasteiger partial charge < -0.3 is 11.1 Å². The number of aromatic nitrogens is 2. The number of amides is 1. The van der Waals surface area contributed by atoms with Gasteiger partial charge >= 0.3 is 0 Å². The van der Waals surface area contributed by atoms with Crippen LogP contribution in [0.2, 0.25) is 0 Å². The minimum atomic E-state index is -0.159. The van der Waals surface area contributed by atoms with Crippen molar-refractivity contribution in [2.24, 2.45) is 5.73 Å². The highest BCUT2D eigenvalue weighted by atomic mass is 32.1. The molecule has 0 aliphatic heterocycles. The Kier molecular flexibility index (Phi) is 5.00. The molecule has 7 heteroatoms. The molecule has 2 heterocycles. The quantitative estimate of drug-likeness (QED) is 0.848. The van der Waals surface area contributed by atoms with Crippen LogP contribution in [0.15, 0.2) is 11.6 Å². The summed E-state index contributed by atoms with van der Waals surface area (Å²) in [6.45, 7) is 3.09. The average Bonchev–Trinajstić information content (AvgIpc) is 3.05. The number of rotatable bonds is 6. The van der Waals surface area contributed by atoms with Crippen LogP contribution >= 0.6 is 22.7 Å². The van der Waals surface area contributed by atoms with Gasteiger partial charge in [-0.25, -0.2) is 9.97 Å². The molecule has 5 nitrogen and oxygen atoms in total. The van der Waals surface area contributed by atoms with Crippen LogP contribution in [0.1, 0.15) is 32.3 Å². The molecule has 2 aromatic rings. The second kappa shape index (κ2) is 6.74. The van der Waals surface area contributed by atoms with Crippen molar-refractivity contribution in [3.8, 4) is 0 Å². The van der Waals surface area contributed by atoms with Gasteiger partial charge in [0.2, 0.25) is 0 Å². The largest absolute Gasteiger partial charge is 0.344 e. The molecule has 0 fully saturated rings. The third-order valence-corrected chi connectivity index (χ3v) is 4.54. The maximum absolute atomic E-state index is 11.9. The maximum atomic E-state index is 11.9. The summed E-state index contributed by atoms with van der Waals surface area (Å²) in [5, 5.41) is 6.41. The van der Waals surface area contributed by atoms with Crippen LogP contribution in [-0.2, 0) is 19.4 Å². The van der Waals surface area contributed by atoms with E-state index in [-0.39, 0.29) is 5.91 Å². The van der Waals surface area contributed by atoms with Crippen molar-refractivity contribution in [3.05, 3.63) is 32.2 Å². The summed E-state index contributed by atoms with van der Waals surface area (Å²) in [5.41, 5.74) is 5.91. The molecule has 0 aromatic carbocycles. The molecule has 3 N–H and O–H groups in total. The van der Waals surface area contributed by atoms with E-state index in [4.69, 9.17) is 5.73 Å². The fourth-order valence-electron chi connectivity index (χ4n) is 1.49. The zero-order valence-corrected chi connectivity index (χ0v) is 12.3. The summed E-state index contributed by atoms with van der Waals surface area (Å²) >= 11 is 3.09. The number of aryl methyl sites for hydroxylation is 1. The molecule has 2 rings (SSSR count). The van der Waals surface area contributed by atoms with E-state index in [2.05, 4.69) is 22.2 Å². The summed E-state index contributed by atoms with van der Waals surface area (Å²) in [4.78, 5) is 21.6. The Morgan fingerprint density at radius 2 is 2.32 bits per heavy atom. The Morgan fingerprint density at radius 1 is 1.47 bits per heavy atom. The van der Waals surface area contributed by atoms with Gasteiger partial charge in [0, 0.05) is 22.9 Å². The molecule has 0 aliphatic carbocycles. The first-order valence-corrected chi connectivity index (χ1v) is 7.78. The summed E-state index contributed by atoms with van der Waals surface area (Å²) in [5.74, 6) is -0.159. The lowest BCUT2D eigenvalue weighted by molar-refractivity contribution is 0.0946. The minimum Gasteiger partial charge on any atom is -0.344 e. The molecule has 102 valence electrons. The van der Waals surface area contributed by atoms with Crippen molar-refractivity contribution in [1.82, 2.24) is 15.3 Å². The summed E-state index contributed by atoms with van der Waals surface area (Å²) < 4.78 is 0. The highest BCUT2D eigenvalue weighted by molar-refractivity contribution is 7.11. The first-order chi connectivity index (χ1) is 9.22. The second-order valence-electron chi connectivity index (χ2n) is 3.92. The standard InChI is InChI=1S/C12H16N4OS2/c1-2-8-5-14-11(19-8)6-15-12(17)9-7-18-10(16-9)3-4-13/h5,7H,2-4,6,13H2,1H3,(H,15,17). The fourth-order valence-corrected chi connectivity index (χ4v) is 3.09. The van der Waals surface area contributed by atoms with Gasteiger partial charge in [0.1, 0.15) is 10.7 Å². The predicted octanol–water partition coefficient (Wildman–Crippen LogP) is 1.59. The van der Waals surface area contributed by atoms with Gasteiger partial charge in [0.25, 0.3) is 5.91 Å². The highest BCUT2D eigenvalue weighted by Gasteiger charge is 2.11. The molecule has 0 bridgehead atoms. The van der Waals surface area contributed by atoms with Crippen LogP contribution in [-0.4, -0.2) is 22.4 Å². The highest BCUT2D eigenvalue weighted by Crippen LogP contribution is 2.14. The summed E-state index contributed by atoms with van der Waals surface area (Å²) in [6, 6.07) is 0.